The fourth-order valence-electron chi connectivity index (χ4n) is 2.97. The van der Waals surface area contributed by atoms with Gasteiger partial charge in [0, 0.05) is 38.2 Å². The number of hydrogen-bond acceptors (Lipinski definition) is 9. The van der Waals surface area contributed by atoms with E-state index in [9.17, 15) is 19.2 Å². The van der Waals surface area contributed by atoms with Crippen molar-refractivity contribution in [2.45, 2.75) is 51.6 Å². The molecular weight excluding hydrogens is 384 g/mol. The average molecular weight is 412 g/mol. The van der Waals surface area contributed by atoms with Crippen LogP contribution < -0.4 is 0 Å². The summed E-state index contributed by atoms with van der Waals surface area (Å²) >= 11 is 0. The average Bonchev–Trinajstić information content (AvgIpc) is 2.66. The molecule has 0 radical (unpaired) electrons. The minimum atomic E-state index is -1.11. The van der Waals surface area contributed by atoms with Gasteiger partial charge in [0.25, 0.3) is 0 Å². The predicted octanol–water partition coefficient (Wildman–Crippen LogP) is 1.14. The fourth-order valence-corrected chi connectivity index (χ4v) is 2.97. The highest BCUT2D eigenvalue weighted by Crippen LogP contribution is 2.34. The first-order valence-corrected chi connectivity index (χ1v) is 8.99. The fraction of sp³-hybridized carbons (Fsp3) is 0.600. The number of ketones is 1. The molecule has 0 bridgehead atoms. The molecule has 9 heteroatoms. The van der Waals surface area contributed by atoms with E-state index in [0.29, 0.717) is 0 Å². The van der Waals surface area contributed by atoms with Crippen LogP contribution in [0, 0.1) is 5.92 Å². The predicted molar refractivity (Wildman–Crippen MR) is 101 cm³/mol. The number of carbonyl (C=O) groups is 4. The van der Waals surface area contributed by atoms with Gasteiger partial charge in [0.2, 0.25) is 5.78 Å². The summed E-state index contributed by atoms with van der Waals surface area (Å²) in [7, 11) is 2.78. The van der Waals surface area contributed by atoms with Crippen LogP contribution in [0.2, 0.25) is 0 Å². The van der Waals surface area contributed by atoms with Gasteiger partial charge in [-0.1, -0.05) is 13.2 Å². The van der Waals surface area contributed by atoms with E-state index in [2.05, 4.69) is 13.2 Å². The minimum Gasteiger partial charge on any atom is -0.462 e. The minimum absolute atomic E-state index is 0.0570. The Morgan fingerprint density at radius 1 is 0.793 bits per heavy atom. The van der Waals surface area contributed by atoms with E-state index >= 15 is 0 Å². The van der Waals surface area contributed by atoms with E-state index in [4.69, 9.17) is 23.7 Å². The molecule has 1 aliphatic carbocycles. The second-order valence-electron chi connectivity index (χ2n) is 6.93. The Morgan fingerprint density at radius 2 is 1.34 bits per heavy atom. The zero-order valence-corrected chi connectivity index (χ0v) is 17.4. The molecule has 0 aromatic carbocycles. The number of hydrogen-bond donors (Lipinski definition) is 0. The van der Waals surface area contributed by atoms with Crippen LogP contribution in [0.1, 0.15) is 27.2 Å². The van der Waals surface area contributed by atoms with Crippen molar-refractivity contribution in [2.75, 3.05) is 20.8 Å². The summed E-state index contributed by atoms with van der Waals surface area (Å²) in [6.07, 6.45) is -3.49. The second kappa shape index (κ2) is 10.9. The van der Waals surface area contributed by atoms with Crippen molar-refractivity contribution >= 4 is 23.7 Å². The maximum atomic E-state index is 12.2. The Morgan fingerprint density at radius 3 is 1.79 bits per heavy atom. The SMILES string of the molecule is C=C(C)C(=O)OCC1CC(OC)[C@H](OC(=O)C(C)=O)[C@@H](OC(=O)C(=C)C)C1OC. The molecule has 5 atom stereocenters. The Bertz CT molecular complexity index is 681. The van der Waals surface area contributed by atoms with Crippen molar-refractivity contribution in [3.8, 4) is 0 Å². The molecule has 0 amide bonds. The first-order valence-electron chi connectivity index (χ1n) is 8.99. The number of esters is 3. The maximum absolute atomic E-state index is 12.2. The zero-order valence-electron chi connectivity index (χ0n) is 17.4. The molecule has 1 aliphatic rings. The van der Waals surface area contributed by atoms with Crippen LogP contribution in [0.3, 0.4) is 0 Å². The lowest BCUT2D eigenvalue weighted by molar-refractivity contribution is -0.214. The molecule has 0 heterocycles. The molecule has 1 saturated carbocycles. The third kappa shape index (κ3) is 6.50. The van der Waals surface area contributed by atoms with E-state index < -0.39 is 54.0 Å². The third-order valence-electron chi connectivity index (χ3n) is 4.49. The van der Waals surface area contributed by atoms with Gasteiger partial charge in [-0.05, 0) is 20.3 Å². The first-order chi connectivity index (χ1) is 13.5. The van der Waals surface area contributed by atoms with Gasteiger partial charge in [0.15, 0.2) is 12.2 Å². The molecule has 0 aromatic rings. The summed E-state index contributed by atoms with van der Waals surface area (Å²) in [5.74, 6) is -3.64. The largest absolute Gasteiger partial charge is 0.462 e. The lowest BCUT2D eigenvalue weighted by Crippen LogP contribution is -2.59. The Kier molecular flexibility index (Phi) is 9.19. The molecule has 29 heavy (non-hydrogen) atoms. The molecule has 1 rings (SSSR count). The summed E-state index contributed by atoms with van der Waals surface area (Å²) in [4.78, 5) is 47.2. The molecule has 0 aliphatic heterocycles. The summed E-state index contributed by atoms with van der Waals surface area (Å²) in [5, 5.41) is 0. The number of methoxy groups -OCH3 is 2. The van der Waals surface area contributed by atoms with Crippen LogP contribution >= 0.6 is 0 Å². The Hall–Kier alpha value is -2.52. The van der Waals surface area contributed by atoms with Gasteiger partial charge in [0.1, 0.15) is 6.10 Å². The molecule has 1 fully saturated rings. The molecule has 0 aromatic heterocycles. The van der Waals surface area contributed by atoms with Crippen molar-refractivity contribution in [1.29, 1.82) is 0 Å². The Balaban J connectivity index is 3.20. The standard InChI is InChI=1S/C20H28O9/c1-10(2)18(22)27-9-13-8-14(25-6)16(28-20(24)12(5)21)17(15(13)26-7)29-19(23)11(3)4/h13-17H,1,3,8-9H2,2,4-7H3/t13?,14?,15?,16-,17-/m0/s1. The highest BCUT2D eigenvalue weighted by Gasteiger charge is 2.50. The molecular formula is C20H28O9. The molecule has 3 unspecified atom stereocenters. The van der Waals surface area contributed by atoms with Gasteiger partial charge in [-0.25, -0.2) is 14.4 Å². The number of carbonyl (C=O) groups excluding carboxylic acids is 4. The highest BCUT2D eigenvalue weighted by molar-refractivity contribution is 6.32. The smallest absolute Gasteiger partial charge is 0.374 e. The molecule has 0 spiro atoms. The third-order valence-corrected chi connectivity index (χ3v) is 4.49. The lowest BCUT2D eigenvalue weighted by atomic mass is 9.80. The van der Waals surface area contributed by atoms with Crippen molar-refractivity contribution in [1.82, 2.24) is 0 Å². The lowest BCUT2D eigenvalue weighted by Gasteiger charge is -2.44. The van der Waals surface area contributed by atoms with Crippen molar-refractivity contribution in [2.24, 2.45) is 5.92 Å². The molecule has 0 saturated heterocycles. The second-order valence-corrected chi connectivity index (χ2v) is 6.93. The van der Waals surface area contributed by atoms with Crippen LogP contribution in [0.15, 0.2) is 24.3 Å². The van der Waals surface area contributed by atoms with Crippen LogP contribution in [0.25, 0.3) is 0 Å². The van der Waals surface area contributed by atoms with Gasteiger partial charge in [0.05, 0.1) is 12.7 Å². The van der Waals surface area contributed by atoms with Gasteiger partial charge >= 0.3 is 17.9 Å². The number of rotatable bonds is 9. The van der Waals surface area contributed by atoms with Crippen LogP contribution in [-0.2, 0) is 42.9 Å². The van der Waals surface area contributed by atoms with Gasteiger partial charge in [-0.2, -0.15) is 0 Å². The highest BCUT2D eigenvalue weighted by atomic mass is 16.6. The normalized spacial score (nSPS) is 26.2. The van der Waals surface area contributed by atoms with E-state index in [1.807, 2.05) is 0 Å². The van der Waals surface area contributed by atoms with Gasteiger partial charge < -0.3 is 23.7 Å². The van der Waals surface area contributed by atoms with Crippen LogP contribution in [0.5, 0.6) is 0 Å². The van der Waals surface area contributed by atoms with Crippen molar-refractivity contribution in [3.05, 3.63) is 24.3 Å². The summed E-state index contributed by atoms with van der Waals surface area (Å²) in [6, 6.07) is 0. The molecule has 9 nitrogen and oxygen atoms in total. The van der Waals surface area contributed by atoms with Crippen LogP contribution in [0.4, 0.5) is 0 Å². The molecule has 162 valence electrons. The number of Topliss-reactive ketones (excluding diaryl/α,β-unsaturated/α-hetero) is 1. The topological polar surface area (TPSA) is 114 Å². The van der Waals surface area contributed by atoms with E-state index in [0.717, 1.165) is 6.92 Å². The van der Waals surface area contributed by atoms with Gasteiger partial charge in [-0.15, -0.1) is 0 Å². The number of ether oxygens (including phenoxy) is 5. The van der Waals surface area contributed by atoms with Crippen molar-refractivity contribution in [3.63, 3.8) is 0 Å². The van der Waals surface area contributed by atoms with E-state index in [1.54, 1.807) is 0 Å². The van der Waals surface area contributed by atoms with E-state index in [1.165, 1.54) is 28.1 Å². The van der Waals surface area contributed by atoms with Crippen molar-refractivity contribution < 1.29 is 42.9 Å². The van der Waals surface area contributed by atoms with E-state index in [-0.39, 0.29) is 24.2 Å². The van der Waals surface area contributed by atoms with Crippen LogP contribution in [-0.4, -0.2) is 68.9 Å². The summed E-state index contributed by atoms with van der Waals surface area (Å²) < 4.78 is 26.9. The first kappa shape index (κ1) is 24.5. The summed E-state index contributed by atoms with van der Waals surface area (Å²) in [6.45, 7) is 11.0. The zero-order chi connectivity index (χ0) is 22.3. The monoisotopic (exact) mass is 412 g/mol. The quantitative estimate of drug-likeness (QED) is 0.238. The van der Waals surface area contributed by atoms with Gasteiger partial charge in [-0.3, -0.25) is 4.79 Å². The maximum Gasteiger partial charge on any atom is 0.374 e. The molecule has 0 N–H and O–H groups in total. The summed E-state index contributed by atoms with van der Waals surface area (Å²) in [5.41, 5.74) is 0.359. The Labute approximate surface area is 170 Å².